The highest BCUT2D eigenvalue weighted by Gasteiger charge is 2.10. The average Bonchev–Trinajstić information content (AvgIpc) is 2.62. The Bertz CT molecular complexity index is 693. The Morgan fingerprint density at radius 1 is 0.846 bits per heavy atom. The van der Waals surface area contributed by atoms with Crippen LogP contribution >= 0.6 is 8.38 Å². The molecule has 0 spiro atoms. The first-order valence-electron chi connectivity index (χ1n) is 7.14. The van der Waals surface area contributed by atoms with E-state index in [2.05, 4.69) is 6.58 Å². The Hall–Kier alpha value is -2.61. The van der Waals surface area contributed by atoms with E-state index in [-0.39, 0.29) is 33.0 Å². The minimum Gasteiger partial charge on any atom is -0.326 e. The number of nitro benzene ring substituents is 2. The molecule has 26 heavy (non-hydrogen) atoms. The molecule has 0 N–H and O–H groups in total. The number of hydrogen-bond donors (Lipinski definition) is 0. The van der Waals surface area contributed by atoms with E-state index in [4.69, 9.17) is 9.05 Å². The van der Waals surface area contributed by atoms with Crippen LogP contribution in [0, 0.1) is 20.2 Å². The summed E-state index contributed by atoms with van der Waals surface area (Å²) in [5.74, 6) is 1.55. The van der Waals surface area contributed by atoms with E-state index in [0.717, 1.165) is 11.1 Å². The fourth-order valence-electron chi connectivity index (χ4n) is 1.85. The lowest BCUT2D eigenvalue weighted by Crippen LogP contribution is -1.94. The van der Waals surface area contributed by atoms with Crippen LogP contribution in [0.5, 0.6) is 0 Å². The first-order chi connectivity index (χ1) is 12.0. The molecular weight excluding hydrogens is 358 g/mol. The van der Waals surface area contributed by atoms with Gasteiger partial charge in [-0.1, -0.05) is 6.58 Å². The van der Waals surface area contributed by atoms with Gasteiger partial charge in [-0.2, -0.15) is 0 Å². The monoisotopic (exact) mass is 373 g/mol. The van der Waals surface area contributed by atoms with E-state index in [0.29, 0.717) is 0 Å². The Kier molecular flexibility index (Phi) is 8.58. The van der Waals surface area contributed by atoms with Gasteiger partial charge in [0.15, 0.2) is 8.38 Å². The third-order valence-electron chi connectivity index (χ3n) is 3.16. The maximum absolute atomic E-state index is 10.6. The zero-order valence-electron chi connectivity index (χ0n) is 13.7. The van der Waals surface area contributed by atoms with Gasteiger partial charge in [0.05, 0.1) is 23.1 Å². The van der Waals surface area contributed by atoms with Crippen molar-refractivity contribution >= 4 is 28.2 Å². The van der Waals surface area contributed by atoms with Crippen LogP contribution in [0.3, 0.4) is 0 Å². The van der Waals surface area contributed by atoms with Crippen LogP contribution in [0.1, 0.15) is 11.1 Å². The summed E-state index contributed by atoms with van der Waals surface area (Å²) in [7, 11) is -1.35. The first kappa shape index (κ1) is 21.4. The molecule has 0 saturated heterocycles. The van der Waals surface area contributed by atoms with Gasteiger partial charge in [0, 0.05) is 32.7 Å². The summed E-state index contributed by atoms with van der Waals surface area (Å²) < 4.78 is 11.2. The van der Waals surface area contributed by atoms with Gasteiger partial charge in [-0.15, -0.1) is 0 Å². The highest BCUT2D eigenvalue weighted by Crippen LogP contribution is 2.41. The molecule has 0 aliphatic rings. The van der Waals surface area contributed by atoms with E-state index in [1.54, 1.807) is 30.1 Å². The quantitative estimate of drug-likeness (QED) is 0.281. The van der Waals surface area contributed by atoms with Gasteiger partial charge < -0.3 is 9.05 Å². The van der Waals surface area contributed by atoms with Gasteiger partial charge >= 0.3 is 0 Å². The molecule has 0 aromatic heterocycles. The van der Waals surface area contributed by atoms with Crippen molar-refractivity contribution < 1.29 is 18.9 Å². The lowest BCUT2D eigenvalue weighted by molar-refractivity contribution is -0.385. The third kappa shape index (κ3) is 6.36. The van der Waals surface area contributed by atoms with E-state index < -0.39 is 18.2 Å². The van der Waals surface area contributed by atoms with Crippen LogP contribution in [0.15, 0.2) is 60.9 Å². The van der Waals surface area contributed by atoms with Crippen LogP contribution in [0.2, 0.25) is 0 Å². The molecule has 0 amide bonds. The molecule has 3 radical (unpaired) electrons. The molecule has 0 atom stereocenters. The number of benzene rings is 2. The van der Waals surface area contributed by atoms with E-state index in [9.17, 15) is 20.2 Å². The normalized spacial score (nSPS) is 10.2. The van der Waals surface area contributed by atoms with E-state index >= 15 is 0 Å². The zero-order valence-corrected chi connectivity index (χ0v) is 14.6. The number of rotatable bonds is 9. The molecule has 133 valence electrons. The van der Waals surface area contributed by atoms with Gasteiger partial charge in [0.2, 0.25) is 0 Å². The fourth-order valence-corrected chi connectivity index (χ4v) is 2.68. The predicted octanol–water partition coefficient (Wildman–Crippen LogP) is 4.31. The summed E-state index contributed by atoms with van der Waals surface area (Å²) in [4.78, 5) is 20.3. The Labute approximate surface area is 153 Å². The third-order valence-corrected chi connectivity index (χ3v) is 4.23. The van der Waals surface area contributed by atoms with Gasteiger partial charge in [-0.05, 0) is 41.2 Å². The second kappa shape index (κ2) is 10.4. The maximum atomic E-state index is 10.6. The van der Waals surface area contributed by atoms with E-state index in [1.165, 1.54) is 24.3 Å². The zero-order chi connectivity index (χ0) is 18.2. The molecule has 10 heteroatoms. The van der Waals surface area contributed by atoms with Crippen molar-refractivity contribution in [3.05, 3.63) is 92.3 Å². The molecule has 2 aromatic rings. The van der Waals surface area contributed by atoms with Crippen molar-refractivity contribution in [2.75, 3.05) is 0 Å². The summed E-state index contributed by atoms with van der Waals surface area (Å²) in [6, 6.07) is 12.1. The highest BCUT2D eigenvalue weighted by molar-refractivity contribution is 7.50. The van der Waals surface area contributed by atoms with Crippen molar-refractivity contribution in [2.24, 2.45) is 0 Å². The van der Waals surface area contributed by atoms with Crippen LogP contribution in [-0.2, 0) is 22.3 Å². The molecule has 0 saturated carbocycles. The second-order valence-electron chi connectivity index (χ2n) is 4.86. The number of nitrogens with zero attached hydrogens (tertiary/aromatic N) is 2. The van der Waals surface area contributed by atoms with Gasteiger partial charge in [0.25, 0.3) is 11.4 Å². The molecule has 0 fully saturated rings. The molecule has 0 bridgehead atoms. The standard InChI is InChI=1S/C16H15N2O6P.B/c1-2-25(23-11-13-3-7-15(8-4-13)17(19)20)24-12-14-5-9-16(10-6-14)18(21)22;/h2-10H,1,11-12H2;. The fraction of sp³-hybridized carbons (Fsp3) is 0.125. The van der Waals surface area contributed by atoms with Crippen LogP contribution in [0.25, 0.3) is 0 Å². The Balaban J connectivity index is 0.00000338. The maximum Gasteiger partial charge on any atom is 0.269 e. The summed E-state index contributed by atoms with van der Waals surface area (Å²) in [5.41, 5.74) is 1.59. The first-order valence-corrected chi connectivity index (χ1v) is 8.38. The second-order valence-corrected chi connectivity index (χ2v) is 6.31. The molecule has 0 unspecified atom stereocenters. The Morgan fingerprint density at radius 2 is 1.19 bits per heavy atom. The molecule has 0 aliphatic carbocycles. The van der Waals surface area contributed by atoms with Crippen LogP contribution in [0.4, 0.5) is 11.4 Å². The molecule has 8 nitrogen and oxygen atoms in total. The minimum atomic E-state index is -1.35. The minimum absolute atomic E-state index is 0. The topological polar surface area (TPSA) is 105 Å². The molecule has 0 heterocycles. The predicted molar refractivity (Wildman–Crippen MR) is 98.6 cm³/mol. The lowest BCUT2D eigenvalue weighted by Gasteiger charge is -2.13. The smallest absolute Gasteiger partial charge is 0.269 e. The van der Waals surface area contributed by atoms with Gasteiger partial charge in [-0.3, -0.25) is 20.2 Å². The number of nitro groups is 2. The molecule has 0 aliphatic heterocycles. The van der Waals surface area contributed by atoms with Crippen molar-refractivity contribution in [3.8, 4) is 0 Å². The van der Waals surface area contributed by atoms with Crippen molar-refractivity contribution in [3.63, 3.8) is 0 Å². The summed E-state index contributed by atoms with van der Waals surface area (Å²) >= 11 is 0. The largest absolute Gasteiger partial charge is 0.326 e. The molecule has 2 rings (SSSR count). The number of non-ortho nitro benzene ring substituents is 2. The SMILES string of the molecule is C=CP(OCc1ccc([N+](=O)[O-])cc1)OCc1ccc([N+](=O)[O-])cc1.[B]. The van der Waals surface area contributed by atoms with Gasteiger partial charge in [0.1, 0.15) is 0 Å². The molecular formula is C16H15BN2O6P. The number of hydrogen-bond acceptors (Lipinski definition) is 6. The van der Waals surface area contributed by atoms with Crippen molar-refractivity contribution in [1.82, 2.24) is 0 Å². The van der Waals surface area contributed by atoms with Crippen molar-refractivity contribution in [2.45, 2.75) is 13.2 Å². The summed E-state index contributed by atoms with van der Waals surface area (Å²) in [6.07, 6.45) is 0. The summed E-state index contributed by atoms with van der Waals surface area (Å²) in [5, 5.41) is 21.2. The van der Waals surface area contributed by atoms with Crippen LogP contribution < -0.4 is 0 Å². The molecule has 2 aromatic carbocycles. The average molecular weight is 373 g/mol. The Morgan fingerprint density at radius 3 is 1.46 bits per heavy atom. The van der Waals surface area contributed by atoms with E-state index in [1.807, 2.05) is 0 Å². The van der Waals surface area contributed by atoms with Crippen LogP contribution in [-0.4, -0.2) is 18.3 Å². The lowest BCUT2D eigenvalue weighted by atomic mass is 10.2. The van der Waals surface area contributed by atoms with Gasteiger partial charge in [-0.25, -0.2) is 0 Å². The van der Waals surface area contributed by atoms with Crippen molar-refractivity contribution in [1.29, 1.82) is 0 Å². The highest BCUT2D eigenvalue weighted by atomic mass is 31.2. The summed E-state index contributed by atoms with van der Waals surface area (Å²) in [6.45, 7) is 4.12.